The maximum atomic E-state index is 12.4. The van der Waals surface area contributed by atoms with Crippen LogP contribution >= 0.6 is 19.0 Å². The average molecular weight is 516 g/mol. The summed E-state index contributed by atoms with van der Waals surface area (Å²) in [6.07, 6.45) is 0.699. The number of halogens is 1. The Morgan fingerprint density at radius 2 is 1.32 bits per heavy atom. The summed E-state index contributed by atoms with van der Waals surface area (Å²) in [4.78, 5) is 23.8. The third-order valence-electron chi connectivity index (χ3n) is 5.22. The second-order valence-corrected chi connectivity index (χ2v) is 11.6. The summed E-state index contributed by atoms with van der Waals surface area (Å²) in [6, 6.07) is 30.9. The van der Waals surface area contributed by atoms with Crippen molar-refractivity contribution in [2.24, 2.45) is 0 Å². The molecule has 1 heterocycles. The highest BCUT2D eigenvalue weighted by molar-refractivity contribution is 8.14. The van der Waals surface area contributed by atoms with E-state index in [1.54, 1.807) is 0 Å². The van der Waals surface area contributed by atoms with Gasteiger partial charge in [0, 0.05) is 5.75 Å². The summed E-state index contributed by atoms with van der Waals surface area (Å²) in [5.41, 5.74) is 0. The predicted molar refractivity (Wildman–Crippen MR) is 126 cm³/mol. The van der Waals surface area contributed by atoms with Crippen LogP contribution in [-0.4, -0.2) is 35.8 Å². The van der Waals surface area contributed by atoms with Crippen LogP contribution in [-0.2, 0) is 9.53 Å². The number of nitrogens with one attached hydrogen (secondary N) is 1. The van der Waals surface area contributed by atoms with Crippen molar-refractivity contribution in [1.29, 1.82) is 0 Å². The van der Waals surface area contributed by atoms with Gasteiger partial charge >= 0.3 is 5.97 Å². The molecule has 1 N–H and O–H groups in total. The fourth-order valence-corrected chi connectivity index (χ4v) is 8.62. The number of ether oxygens (including phenoxy) is 1. The van der Waals surface area contributed by atoms with Crippen LogP contribution in [0.1, 0.15) is 0 Å². The Bertz CT molecular complexity index is 908. The molecule has 4 rings (SSSR count). The van der Waals surface area contributed by atoms with Crippen molar-refractivity contribution in [3.63, 3.8) is 0 Å². The number of benzene rings is 3. The Labute approximate surface area is 197 Å². The number of hydrogen-bond acceptors (Lipinski definition) is 4. The first-order chi connectivity index (χ1) is 14.7. The van der Waals surface area contributed by atoms with Gasteiger partial charge in [-0.05, 0) is 36.4 Å². The van der Waals surface area contributed by atoms with Crippen LogP contribution in [0.15, 0.2) is 91.0 Å². The lowest BCUT2D eigenvalue weighted by Crippen LogP contribution is -3.00. The molecule has 1 amide bonds. The Kier molecular flexibility index (Phi) is 8.30. The first kappa shape index (κ1) is 23.5. The van der Waals surface area contributed by atoms with Gasteiger partial charge in [0.25, 0.3) is 5.24 Å². The van der Waals surface area contributed by atoms with Gasteiger partial charge in [-0.15, -0.1) is 0 Å². The average Bonchev–Trinajstić information content (AvgIpc) is 3.25. The second kappa shape index (κ2) is 10.9. The van der Waals surface area contributed by atoms with Crippen LogP contribution in [0.5, 0.6) is 0 Å². The molecule has 7 heteroatoms. The zero-order valence-corrected chi connectivity index (χ0v) is 20.1. The lowest BCUT2D eigenvalue weighted by atomic mass is 10.3. The summed E-state index contributed by atoms with van der Waals surface area (Å²) >= 11 is 1.12. The summed E-state index contributed by atoms with van der Waals surface area (Å²) in [7, 11) is -2.02. The van der Waals surface area contributed by atoms with E-state index in [9.17, 15) is 9.59 Å². The lowest BCUT2D eigenvalue weighted by Gasteiger charge is -2.27. The van der Waals surface area contributed by atoms with E-state index in [-0.39, 0.29) is 28.2 Å². The van der Waals surface area contributed by atoms with E-state index >= 15 is 0 Å². The smallest absolute Gasteiger partial charge is 0.329 e. The fraction of sp³-hybridized carbons (Fsp3) is 0.167. The van der Waals surface area contributed by atoms with E-state index in [0.29, 0.717) is 18.5 Å². The van der Waals surface area contributed by atoms with Crippen LogP contribution in [0.3, 0.4) is 0 Å². The van der Waals surface area contributed by atoms with E-state index in [1.165, 1.54) is 15.9 Å². The minimum absolute atomic E-state index is 0. The van der Waals surface area contributed by atoms with Crippen molar-refractivity contribution >= 4 is 46.1 Å². The third-order valence-corrected chi connectivity index (χ3v) is 10.5. The van der Waals surface area contributed by atoms with Crippen molar-refractivity contribution in [2.45, 2.75) is 6.04 Å². The number of thioether (sulfide) groups is 1. The Balaban J connectivity index is 0.00000272. The minimum Gasteiger partial charge on any atom is -1.00 e. The van der Waals surface area contributed by atoms with E-state index in [0.717, 1.165) is 11.8 Å². The monoisotopic (exact) mass is 515 g/mol. The highest BCUT2D eigenvalue weighted by Gasteiger charge is 2.45. The summed E-state index contributed by atoms with van der Waals surface area (Å²) in [5.74, 6) is 0.0641. The normalized spacial score (nSPS) is 15.6. The molecule has 0 radical (unpaired) electrons. The minimum atomic E-state index is -2.02. The molecular formula is C24H23BrNO3PS. The Hall–Kier alpha value is -2.14. The summed E-state index contributed by atoms with van der Waals surface area (Å²) in [5, 5.41) is 6.24. The molecule has 0 aliphatic carbocycles. The maximum Gasteiger partial charge on any atom is 0.329 e. The fourth-order valence-electron chi connectivity index (χ4n) is 3.78. The van der Waals surface area contributed by atoms with Gasteiger partial charge in [0.2, 0.25) is 0 Å². The molecule has 1 atom stereocenters. The van der Waals surface area contributed by atoms with Gasteiger partial charge in [0.15, 0.2) is 0 Å². The third kappa shape index (κ3) is 5.20. The van der Waals surface area contributed by atoms with Crippen LogP contribution in [0, 0.1) is 0 Å². The second-order valence-electron chi connectivity index (χ2n) is 7.00. The van der Waals surface area contributed by atoms with Crippen LogP contribution in [0.4, 0.5) is 4.79 Å². The van der Waals surface area contributed by atoms with E-state index in [1.807, 2.05) is 18.2 Å². The summed E-state index contributed by atoms with van der Waals surface area (Å²) in [6.45, 7) is 0.294. The zero-order chi connectivity index (χ0) is 20.8. The molecule has 160 valence electrons. The van der Waals surface area contributed by atoms with Crippen LogP contribution in [0.25, 0.3) is 0 Å². The van der Waals surface area contributed by atoms with Crippen molar-refractivity contribution in [2.75, 3.05) is 18.5 Å². The molecule has 3 aromatic rings. The van der Waals surface area contributed by atoms with Gasteiger partial charge < -0.3 is 27.0 Å². The number of rotatable bonds is 7. The van der Waals surface area contributed by atoms with Crippen LogP contribution < -0.4 is 38.2 Å². The number of carbonyl (C=O) groups excluding carboxylic acids is 2. The molecule has 0 spiro atoms. The molecule has 31 heavy (non-hydrogen) atoms. The molecule has 0 unspecified atom stereocenters. The first-order valence-corrected chi connectivity index (χ1v) is 12.8. The number of amides is 1. The molecule has 0 bridgehead atoms. The van der Waals surface area contributed by atoms with E-state index in [4.69, 9.17) is 4.74 Å². The van der Waals surface area contributed by atoms with Gasteiger partial charge in [-0.1, -0.05) is 66.4 Å². The maximum absolute atomic E-state index is 12.4. The van der Waals surface area contributed by atoms with Gasteiger partial charge in [0.05, 0.1) is 0 Å². The summed E-state index contributed by atoms with van der Waals surface area (Å²) < 4.78 is 5.66. The van der Waals surface area contributed by atoms with Crippen molar-refractivity contribution in [3.05, 3.63) is 91.0 Å². The molecule has 4 nitrogen and oxygen atoms in total. The van der Waals surface area contributed by atoms with Crippen molar-refractivity contribution < 1.29 is 31.3 Å². The molecular weight excluding hydrogens is 493 g/mol. The van der Waals surface area contributed by atoms with Gasteiger partial charge in [-0.2, -0.15) is 0 Å². The first-order valence-electron chi connectivity index (χ1n) is 9.85. The molecule has 3 aromatic carbocycles. The molecule has 1 fully saturated rings. The van der Waals surface area contributed by atoms with E-state index in [2.05, 4.69) is 78.1 Å². The van der Waals surface area contributed by atoms with Gasteiger partial charge in [-0.3, -0.25) is 4.79 Å². The Morgan fingerprint density at radius 1 is 0.871 bits per heavy atom. The molecule has 0 aromatic heterocycles. The zero-order valence-electron chi connectivity index (χ0n) is 16.8. The number of carbonyl (C=O) groups is 2. The predicted octanol–water partition coefficient (Wildman–Crippen LogP) is 0.353. The number of hydrogen-bond donors (Lipinski definition) is 1. The largest absolute Gasteiger partial charge is 1.00 e. The van der Waals surface area contributed by atoms with E-state index < -0.39 is 13.3 Å². The highest BCUT2D eigenvalue weighted by Crippen LogP contribution is 2.54. The van der Waals surface area contributed by atoms with Gasteiger partial charge in [-0.25, -0.2) is 4.79 Å². The molecule has 0 saturated carbocycles. The highest BCUT2D eigenvalue weighted by atomic mass is 79.9. The van der Waals surface area contributed by atoms with Gasteiger partial charge in [0.1, 0.15) is 42.0 Å². The molecule has 1 saturated heterocycles. The quantitative estimate of drug-likeness (QED) is 0.364. The molecule has 1 aliphatic rings. The Morgan fingerprint density at radius 3 is 1.71 bits per heavy atom. The van der Waals surface area contributed by atoms with Crippen LogP contribution in [0.2, 0.25) is 0 Å². The van der Waals surface area contributed by atoms with Crippen molar-refractivity contribution in [1.82, 2.24) is 5.32 Å². The standard InChI is InChI=1S/C24H22NO3PS.BrH/c26-23(22-18-30-24(27)25-22)28-16-17-29(19-10-4-1-5-11-19,20-12-6-2-7-13-20)21-14-8-3-9-15-21;/h1-15,22H,16-18H2;1H/t22-;/m0./s1. The molecule has 1 aliphatic heterocycles. The lowest BCUT2D eigenvalue weighted by molar-refractivity contribution is -0.144. The SMILES string of the molecule is O=C1N[C@H](C(=O)OCC[P+](c2ccccc2)(c2ccccc2)c2ccccc2)CS1.[Br-]. The topological polar surface area (TPSA) is 55.4 Å². The van der Waals surface area contributed by atoms with Crippen molar-refractivity contribution in [3.8, 4) is 0 Å². The number of esters is 1.